The van der Waals surface area contributed by atoms with Gasteiger partial charge in [0, 0.05) is 17.8 Å². The second-order valence-corrected chi connectivity index (χ2v) is 5.43. The van der Waals surface area contributed by atoms with Crippen molar-refractivity contribution in [2.24, 2.45) is 0 Å². The third kappa shape index (κ3) is 5.00. The van der Waals surface area contributed by atoms with Crippen molar-refractivity contribution >= 4 is 23.0 Å². The number of anilines is 1. The largest absolute Gasteiger partial charge is 0.494 e. The highest BCUT2D eigenvalue weighted by Crippen LogP contribution is 2.24. The van der Waals surface area contributed by atoms with Gasteiger partial charge in [0.1, 0.15) is 5.75 Å². The SMILES string of the molecule is CCCCOc1ccc(NC(=O)c2cc([N+](=O)[O-])cc([N+](=O)[O-])c2)cc1. The highest BCUT2D eigenvalue weighted by atomic mass is 16.6. The summed E-state index contributed by atoms with van der Waals surface area (Å²) in [6.07, 6.45) is 1.95. The number of non-ortho nitro benzene ring substituents is 2. The van der Waals surface area contributed by atoms with Gasteiger partial charge in [-0.3, -0.25) is 25.0 Å². The van der Waals surface area contributed by atoms with Gasteiger partial charge in [-0.1, -0.05) is 13.3 Å². The fourth-order valence-electron chi connectivity index (χ4n) is 2.11. The molecule has 0 aromatic heterocycles. The molecule has 0 heterocycles. The molecule has 0 atom stereocenters. The third-order valence-electron chi connectivity index (χ3n) is 3.47. The van der Waals surface area contributed by atoms with E-state index < -0.39 is 27.1 Å². The molecule has 2 aromatic carbocycles. The lowest BCUT2D eigenvalue weighted by atomic mass is 10.1. The van der Waals surface area contributed by atoms with Crippen LogP contribution in [0.15, 0.2) is 42.5 Å². The van der Waals surface area contributed by atoms with Crippen molar-refractivity contribution in [2.75, 3.05) is 11.9 Å². The zero-order chi connectivity index (χ0) is 19.1. The topological polar surface area (TPSA) is 125 Å². The lowest BCUT2D eigenvalue weighted by Crippen LogP contribution is -2.12. The van der Waals surface area contributed by atoms with Gasteiger partial charge in [0.25, 0.3) is 17.3 Å². The van der Waals surface area contributed by atoms with Crippen LogP contribution in [0.5, 0.6) is 5.75 Å². The van der Waals surface area contributed by atoms with E-state index in [1.165, 1.54) is 0 Å². The number of nitrogens with one attached hydrogen (secondary N) is 1. The van der Waals surface area contributed by atoms with Crippen LogP contribution in [0.1, 0.15) is 30.1 Å². The summed E-state index contributed by atoms with van der Waals surface area (Å²) in [6, 6.07) is 9.38. The molecule has 0 unspecified atom stereocenters. The van der Waals surface area contributed by atoms with Gasteiger partial charge in [-0.2, -0.15) is 0 Å². The van der Waals surface area contributed by atoms with Gasteiger partial charge in [-0.05, 0) is 30.7 Å². The number of amides is 1. The molecule has 0 aliphatic heterocycles. The van der Waals surface area contributed by atoms with Crippen LogP contribution in [0.4, 0.5) is 17.1 Å². The Morgan fingerprint density at radius 2 is 1.62 bits per heavy atom. The van der Waals surface area contributed by atoms with E-state index in [0.29, 0.717) is 18.0 Å². The minimum absolute atomic E-state index is 0.172. The molecule has 0 aliphatic carbocycles. The average molecular weight is 359 g/mol. The molecule has 0 fully saturated rings. The van der Waals surface area contributed by atoms with E-state index >= 15 is 0 Å². The Labute approximate surface area is 148 Å². The smallest absolute Gasteiger partial charge is 0.277 e. The Morgan fingerprint density at radius 3 is 2.12 bits per heavy atom. The fraction of sp³-hybridized carbons (Fsp3) is 0.235. The van der Waals surface area contributed by atoms with E-state index in [1.54, 1.807) is 24.3 Å². The molecule has 0 aliphatic rings. The molecular weight excluding hydrogens is 342 g/mol. The quantitative estimate of drug-likeness (QED) is 0.432. The van der Waals surface area contributed by atoms with Crippen LogP contribution in [-0.4, -0.2) is 22.4 Å². The van der Waals surface area contributed by atoms with Crippen LogP contribution < -0.4 is 10.1 Å². The predicted octanol–water partition coefficient (Wildman–Crippen LogP) is 3.93. The maximum absolute atomic E-state index is 12.3. The summed E-state index contributed by atoms with van der Waals surface area (Å²) in [6.45, 7) is 2.65. The second kappa shape index (κ2) is 8.56. The molecule has 9 nitrogen and oxygen atoms in total. The van der Waals surface area contributed by atoms with Gasteiger partial charge >= 0.3 is 0 Å². The highest BCUT2D eigenvalue weighted by molar-refractivity contribution is 6.05. The third-order valence-corrected chi connectivity index (χ3v) is 3.47. The minimum Gasteiger partial charge on any atom is -0.494 e. The summed E-state index contributed by atoms with van der Waals surface area (Å²) in [7, 11) is 0. The second-order valence-electron chi connectivity index (χ2n) is 5.43. The van der Waals surface area contributed by atoms with E-state index in [9.17, 15) is 25.0 Å². The van der Waals surface area contributed by atoms with Crippen LogP contribution in [-0.2, 0) is 0 Å². The van der Waals surface area contributed by atoms with Gasteiger partial charge in [-0.25, -0.2) is 0 Å². The number of benzene rings is 2. The Balaban J connectivity index is 2.14. The summed E-state index contributed by atoms with van der Waals surface area (Å²) in [5.74, 6) is -0.0288. The summed E-state index contributed by atoms with van der Waals surface area (Å²) in [5, 5.41) is 24.3. The molecule has 0 saturated heterocycles. The van der Waals surface area contributed by atoms with E-state index in [2.05, 4.69) is 12.2 Å². The van der Waals surface area contributed by atoms with Crippen LogP contribution in [0.3, 0.4) is 0 Å². The number of nitro benzene ring substituents is 2. The zero-order valence-electron chi connectivity index (χ0n) is 14.0. The van der Waals surface area contributed by atoms with Crippen molar-refractivity contribution in [3.8, 4) is 5.75 Å². The Bertz CT molecular complexity index is 787. The summed E-state index contributed by atoms with van der Waals surface area (Å²) >= 11 is 0. The van der Waals surface area contributed by atoms with Gasteiger partial charge < -0.3 is 10.1 Å². The molecule has 0 radical (unpaired) electrons. The first-order valence-electron chi connectivity index (χ1n) is 7.88. The molecule has 1 N–H and O–H groups in total. The molecule has 0 saturated carbocycles. The number of carbonyl (C=O) groups excluding carboxylic acids is 1. The Morgan fingerprint density at radius 1 is 1.04 bits per heavy atom. The highest BCUT2D eigenvalue weighted by Gasteiger charge is 2.20. The molecular formula is C17H17N3O6. The van der Waals surface area contributed by atoms with Crippen molar-refractivity contribution in [2.45, 2.75) is 19.8 Å². The number of unbranched alkanes of at least 4 members (excludes halogenated alkanes) is 1. The van der Waals surface area contributed by atoms with Crippen molar-refractivity contribution in [3.05, 3.63) is 68.3 Å². The maximum Gasteiger partial charge on any atom is 0.277 e. The van der Waals surface area contributed by atoms with Crippen LogP contribution in [0, 0.1) is 20.2 Å². The van der Waals surface area contributed by atoms with Crippen LogP contribution in [0.25, 0.3) is 0 Å². The molecule has 9 heteroatoms. The van der Waals surface area contributed by atoms with Gasteiger partial charge in [0.2, 0.25) is 0 Å². The number of nitro groups is 2. The lowest BCUT2D eigenvalue weighted by molar-refractivity contribution is -0.394. The lowest BCUT2D eigenvalue weighted by Gasteiger charge is -2.08. The van der Waals surface area contributed by atoms with Crippen molar-refractivity contribution < 1.29 is 19.4 Å². The molecule has 26 heavy (non-hydrogen) atoms. The van der Waals surface area contributed by atoms with Crippen molar-refractivity contribution in [1.82, 2.24) is 0 Å². The molecule has 0 spiro atoms. The summed E-state index contributed by atoms with van der Waals surface area (Å²) < 4.78 is 5.51. The monoisotopic (exact) mass is 359 g/mol. The first kappa shape index (κ1) is 18.8. The van der Waals surface area contributed by atoms with Crippen molar-refractivity contribution in [1.29, 1.82) is 0 Å². The number of hydrogen-bond donors (Lipinski definition) is 1. The minimum atomic E-state index is -0.786. The molecule has 2 aromatic rings. The predicted molar refractivity (Wildman–Crippen MR) is 94.5 cm³/mol. The molecule has 0 bridgehead atoms. The molecule has 1 amide bonds. The van der Waals surface area contributed by atoms with Crippen LogP contribution >= 0.6 is 0 Å². The number of rotatable bonds is 8. The Kier molecular flexibility index (Phi) is 6.20. The van der Waals surface area contributed by atoms with Gasteiger partial charge in [0.15, 0.2) is 0 Å². The van der Waals surface area contributed by atoms with Gasteiger partial charge in [0.05, 0.1) is 28.1 Å². The standard InChI is InChI=1S/C17H17N3O6/c1-2-3-8-26-16-6-4-13(5-7-16)18-17(21)12-9-14(19(22)23)11-15(10-12)20(24)25/h4-7,9-11H,2-3,8H2,1H3,(H,18,21). The van der Waals surface area contributed by atoms with E-state index in [-0.39, 0.29) is 5.56 Å². The average Bonchev–Trinajstić information content (AvgIpc) is 2.62. The Hall–Kier alpha value is -3.49. The van der Waals surface area contributed by atoms with Crippen LogP contribution in [0.2, 0.25) is 0 Å². The number of carbonyl (C=O) groups is 1. The first-order valence-corrected chi connectivity index (χ1v) is 7.88. The number of ether oxygens (including phenoxy) is 1. The summed E-state index contributed by atoms with van der Waals surface area (Å²) in [5.41, 5.74) is -0.783. The maximum atomic E-state index is 12.3. The van der Waals surface area contributed by atoms with E-state index in [4.69, 9.17) is 4.74 Å². The molecule has 2 rings (SSSR count). The van der Waals surface area contributed by atoms with Crippen molar-refractivity contribution in [3.63, 3.8) is 0 Å². The van der Waals surface area contributed by atoms with E-state index in [1.807, 2.05) is 0 Å². The normalized spacial score (nSPS) is 10.2. The number of hydrogen-bond acceptors (Lipinski definition) is 6. The molecule has 136 valence electrons. The summed E-state index contributed by atoms with van der Waals surface area (Å²) in [4.78, 5) is 32.5. The fourth-order valence-corrected chi connectivity index (χ4v) is 2.11. The van der Waals surface area contributed by atoms with Gasteiger partial charge in [-0.15, -0.1) is 0 Å². The first-order chi connectivity index (χ1) is 12.4. The zero-order valence-corrected chi connectivity index (χ0v) is 14.0. The van der Waals surface area contributed by atoms with E-state index in [0.717, 1.165) is 31.0 Å². The number of nitrogens with zero attached hydrogens (tertiary/aromatic N) is 2.